The molecule has 2 unspecified atom stereocenters. The zero-order valence-electron chi connectivity index (χ0n) is 13.0. The lowest BCUT2D eigenvalue weighted by molar-refractivity contribution is -0.105. The summed E-state index contributed by atoms with van der Waals surface area (Å²) < 4.78 is 5.32. The standard InChI is InChI=1S/C17H24N2O2/c1-11-4-13-7-14(5-11)9-17(3,8-13)16-18-15(21-19-16)6-12(2)10-20/h10-11,13-14H,2,4-9H2,1,3H3. The van der Waals surface area contributed by atoms with E-state index >= 15 is 0 Å². The molecule has 2 fully saturated rings. The largest absolute Gasteiger partial charge is 0.339 e. The van der Waals surface area contributed by atoms with Crippen LogP contribution in [0.3, 0.4) is 0 Å². The highest BCUT2D eigenvalue weighted by atomic mass is 16.5. The van der Waals surface area contributed by atoms with E-state index in [1.54, 1.807) is 0 Å². The number of nitrogens with zero attached hydrogens (tertiary/aromatic N) is 2. The van der Waals surface area contributed by atoms with E-state index in [1.165, 1.54) is 19.3 Å². The summed E-state index contributed by atoms with van der Waals surface area (Å²) in [5.41, 5.74) is 0.502. The van der Waals surface area contributed by atoms with Crippen LogP contribution in [0.2, 0.25) is 0 Å². The summed E-state index contributed by atoms with van der Waals surface area (Å²) in [6, 6.07) is 0. The van der Waals surface area contributed by atoms with Gasteiger partial charge in [-0.1, -0.05) is 25.6 Å². The van der Waals surface area contributed by atoms with Crippen LogP contribution in [0.1, 0.15) is 57.7 Å². The van der Waals surface area contributed by atoms with Crippen molar-refractivity contribution in [3.05, 3.63) is 23.9 Å². The van der Waals surface area contributed by atoms with Gasteiger partial charge in [-0.2, -0.15) is 4.98 Å². The van der Waals surface area contributed by atoms with Gasteiger partial charge in [-0.05, 0) is 55.4 Å². The normalized spacial score (nSPS) is 35.4. The number of carbonyl (C=O) groups excluding carboxylic acids is 1. The molecule has 4 heteroatoms. The van der Waals surface area contributed by atoms with E-state index in [1.807, 2.05) is 0 Å². The number of aldehydes is 1. The van der Waals surface area contributed by atoms with Crippen LogP contribution in [-0.2, 0) is 16.6 Å². The fraction of sp³-hybridized carbons (Fsp3) is 0.706. The summed E-state index contributed by atoms with van der Waals surface area (Å²) in [5.74, 6) is 3.77. The Hall–Kier alpha value is -1.45. The third-order valence-electron chi connectivity index (χ3n) is 5.17. The van der Waals surface area contributed by atoms with E-state index in [0.29, 0.717) is 17.9 Å². The van der Waals surface area contributed by atoms with E-state index in [0.717, 1.165) is 42.7 Å². The maximum absolute atomic E-state index is 10.7. The lowest BCUT2D eigenvalue weighted by atomic mass is 9.59. The Morgan fingerprint density at radius 2 is 2.05 bits per heavy atom. The van der Waals surface area contributed by atoms with Gasteiger partial charge in [0.15, 0.2) is 5.82 Å². The molecule has 2 aliphatic rings. The van der Waals surface area contributed by atoms with Crippen molar-refractivity contribution in [1.29, 1.82) is 0 Å². The Labute approximate surface area is 126 Å². The van der Waals surface area contributed by atoms with Crippen molar-refractivity contribution in [2.24, 2.45) is 17.8 Å². The van der Waals surface area contributed by atoms with Gasteiger partial charge in [0.25, 0.3) is 0 Å². The fourth-order valence-corrected chi connectivity index (χ4v) is 4.58. The molecule has 0 N–H and O–H groups in total. The van der Waals surface area contributed by atoms with Crippen LogP contribution in [0, 0.1) is 17.8 Å². The first-order valence-electron chi connectivity index (χ1n) is 7.94. The molecule has 2 saturated carbocycles. The van der Waals surface area contributed by atoms with Crippen molar-refractivity contribution in [3.63, 3.8) is 0 Å². The molecule has 2 bridgehead atoms. The van der Waals surface area contributed by atoms with Gasteiger partial charge in [-0.25, -0.2) is 0 Å². The van der Waals surface area contributed by atoms with Crippen molar-refractivity contribution in [1.82, 2.24) is 10.1 Å². The van der Waals surface area contributed by atoms with E-state index in [-0.39, 0.29) is 5.41 Å². The molecule has 0 saturated heterocycles. The summed E-state index contributed by atoms with van der Waals surface area (Å²) >= 11 is 0. The number of carbonyl (C=O) groups is 1. The first-order chi connectivity index (χ1) is 9.98. The fourth-order valence-electron chi connectivity index (χ4n) is 4.58. The Morgan fingerprint density at radius 1 is 1.38 bits per heavy atom. The van der Waals surface area contributed by atoms with Gasteiger partial charge < -0.3 is 4.52 Å². The summed E-state index contributed by atoms with van der Waals surface area (Å²) in [6.45, 7) is 8.31. The maximum Gasteiger partial charge on any atom is 0.231 e. The molecule has 0 aromatic carbocycles. The second-order valence-corrected chi connectivity index (χ2v) is 7.48. The van der Waals surface area contributed by atoms with Gasteiger partial charge >= 0.3 is 0 Å². The Kier molecular flexibility index (Phi) is 3.72. The number of rotatable bonds is 4. The molecule has 3 rings (SSSR count). The lowest BCUT2D eigenvalue weighted by Gasteiger charge is -2.45. The molecular weight excluding hydrogens is 264 g/mol. The summed E-state index contributed by atoms with van der Waals surface area (Å²) in [6.07, 6.45) is 7.45. The molecule has 0 aliphatic heterocycles. The van der Waals surface area contributed by atoms with Gasteiger partial charge in [0.05, 0.1) is 6.42 Å². The van der Waals surface area contributed by atoms with E-state index < -0.39 is 0 Å². The molecule has 1 aromatic heterocycles. The summed E-state index contributed by atoms with van der Waals surface area (Å²) in [4.78, 5) is 15.2. The first-order valence-corrected chi connectivity index (χ1v) is 7.94. The van der Waals surface area contributed by atoms with Crippen molar-refractivity contribution in [2.45, 2.75) is 57.8 Å². The lowest BCUT2D eigenvalue weighted by Crippen LogP contribution is -2.39. The molecule has 1 aromatic rings. The minimum absolute atomic E-state index is 0.0258. The summed E-state index contributed by atoms with van der Waals surface area (Å²) in [7, 11) is 0. The number of allylic oxidation sites excluding steroid dienone is 1. The number of fused-ring (bicyclic) bond motifs is 2. The van der Waals surface area contributed by atoms with Crippen molar-refractivity contribution >= 4 is 6.29 Å². The Bertz CT molecular complexity index is 531. The predicted molar refractivity (Wildman–Crippen MR) is 79.8 cm³/mol. The zero-order valence-corrected chi connectivity index (χ0v) is 13.0. The Balaban J connectivity index is 1.76. The molecule has 21 heavy (non-hydrogen) atoms. The van der Waals surface area contributed by atoms with Crippen LogP contribution < -0.4 is 0 Å². The van der Waals surface area contributed by atoms with Crippen LogP contribution >= 0.6 is 0 Å². The quantitative estimate of drug-likeness (QED) is 0.629. The number of aromatic nitrogens is 2. The number of hydrogen-bond acceptors (Lipinski definition) is 4. The second kappa shape index (κ2) is 5.39. The monoisotopic (exact) mass is 288 g/mol. The summed E-state index contributed by atoms with van der Waals surface area (Å²) in [5, 5.41) is 4.20. The molecule has 114 valence electrons. The van der Waals surface area contributed by atoms with Crippen molar-refractivity contribution in [3.8, 4) is 0 Å². The van der Waals surface area contributed by atoms with Gasteiger partial charge in [0, 0.05) is 5.41 Å². The molecule has 0 spiro atoms. The van der Waals surface area contributed by atoms with Crippen molar-refractivity contribution in [2.75, 3.05) is 0 Å². The highest BCUT2D eigenvalue weighted by Crippen LogP contribution is 2.50. The Morgan fingerprint density at radius 3 is 2.67 bits per heavy atom. The smallest absolute Gasteiger partial charge is 0.231 e. The van der Waals surface area contributed by atoms with Gasteiger partial charge in [0.1, 0.15) is 6.29 Å². The van der Waals surface area contributed by atoms with Crippen LogP contribution in [0.15, 0.2) is 16.7 Å². The van der Waals surface area contributed by atoms with Gasteiger partial charge in [0.2, 0.25) is 5.89 Å². The van der Waals surface area contributed by atoms with Crippen LogP contribution in [0.4, 0.5) is 0 Å². The molecule has 2 atom stereocenters. The average Bonchev–Trinajstić information content (AvgIpc) is 2.86. The highest BCUT2D eigenvalue weighted by molar-refractivity contribution is 5.72. The third-order valence-corrected chi connectivity index (χ3v) is 5.17. The van der Waals surface area contributed by atoms with E-state index in [9.17, 15) is 4.79 Å². The van der Waals surface area contributed by atoms with Crippen LogP contribution in [0.5, 0.6) is 0 Å². The zero-order chi connectivity index (χ0) is 15.0. The topological polar surface area (TPSA) is 56.0 Å². The van der Waals surface area contributed by atoms with Crippen LogP contribution in [0.25, 0.3) is 0 Å². The minimum atomic E-state index is 0.0258. The minimum Gasteiger partial charge on any atom is -0.339 e. The molecule has 1 heterocycles. The second-order valence-electron chi connectivity index (χ2n) is 7.48. The van der Waals surface area contributed by atoms with E-state index in [2.05, 4.69) is 30.6 Å². The molecule has 0 radical (unpaired) electrons. The maximum atomic E-state index is 10.7. The van der Waals surface area contributed by atoms with Gasteiger partial charge in [-0.15, -0.1) is 0 Å². The SMILES string of the molecule is C=C(C=O)Cc1nc(C2(C)CC3CC(C)CC(C3)C2)no1. The first kappa shape index (κ1) is 14.5. The molecular formula is C17H24N2O2. The number of hydrogen-bond donors (Lipinski definition) is 0. The predicted octanol–water partition coefficient (Wildman–Crippen LogP) is 3.47. The van der Waals surface area contributed by atoms with E-state index in [4.69, 9.17) is 4.52 Å². The molecule has 0 amide bonds. The van der Waals surface area contributed by atoms with Crippen LogP contribution in [-0.4, -0.2) is 16.4 Å². The van der Waals surface area contributed by atoms with Crippen molar-refractivity contribution < 1.29 is 9.32 Å². The molecule has 4 nitrogen and oxygen atoms in total. The molecule has 2 aliphatic carbocycles. The third kappa shape index (κ3) is 2.94. The average molecular weight is 288 g/mol. The highest BCUT2D eigenvalue weighted by Gasteiger charge is 2.44. The van der Waals surface area contributed by atoms with Gasteiger partial charge in [-0.3, -0.25) is 4.79 Å².